The van der Waals surface area contributed by atoms with Crippen LogP contribution in [0.15, 0.2) is 48.5 Å². The number of anilines is 1. The molecule has 1 aromatic heterocycles. The van der Waals surface area contributed by atoms with Gasteiger partial charge in [-0.25, -0.2) is 4.98 Å². The van der Waals surface area contributed by atoms with Gasteiger partial charge in [-0.05, 0) is 43.3 Å². The van der Waals surface area contributed by atoms with Gasteiger partial charge in [0, 0.05) is 37.4 Å². The highest BCUT2D eigenvalue weighted by molar-refractivity contribution is 5.95. The van der Waals surface area contributed by atoms with Gasteiger partial charge in [0.25, 0.3) is 5.91 Å². The van der Waals surface area contributed by atoms with E-state index >= 15 is 0 Å². The second kappa shape index (κ2) is 6.63. The van der Waals surface area contributed by atoms with E-state index < -0.39 is 0 Å². The topological polar surface area (TPSA) is 69.3 Å². The Labute approximate surface area is 151 Å². The highest BCUT2D eigenvalue weighted by atomic mass is 16.2. The lowest BCUT2D eigenvalue weighted by atomic mass is 10.1. The number of fused-ring (bicyclic) bond motifs is 1. The molecule has 4 rings (SSSR count). The molecule has 6 nitrogen and oxygen atoms in total. The van der Waals surface area contributed by atoms with Crippen LogP contribution in [0.2, 0.25) is 0 Å². The van der Waals surface area contributed by atoms with Gasteiger partial charge in [0.15, 0.2) is 11.6 Å². The van der Waals surface area contributed by atoms with E-state index in [0.29, 0.717) is 24.5 Å². The molecule has 1 saturated heterocycles. The summed E-state index contributed by atoms with van der Waals surface area (Å²) >= 11 is 0. The van der Waals surface area contributed by atoms with Crippen molar-refractivity contribution in [2.24, 2.45) is 0 Å². The van der Waals surface area contributed by atoms with E-state index in [1.165, 1.54) is 0 Å². The van der Waals surface area contributed by atoms with Crippen molar-refractivity contribution >= 4 is 28.4 Å². The third-order valence-corrected chi connectivity index (χ3v) is 4.80. The minimum Gasteiger partial charge on any atom is -0.368 e. The zero-order valence-electron chi connectivity index (χ0n) is 14.6. The van der Waals surface area contributed by atoms with Crippen LogP contribution in [0, 0.1) is 0 Å². The number of carbonyl (C=O) groups is 2. The molecule has 0 atom stereocenters. The first-order chi connectivity index (χ1) is 12.6. The standard InChI is InChI=1S/C20H20N4O2/c1-14(25)15-6-8-16(9-7-15)23-10-12-24(13-11-23)20(26)19-21-17-4-2-3-5-18(17)22-19/h2-9H,10-13H2,1H3,(H,21,22). The van der Waals surface area contributed by atoms with Crippen LogP contribution < -0.4 is 4.90 Å². The highest BCUT2D eigenvalue weighted by Crippen LogP contribution is 2.19. The number of nitrogens with one attached hydrogen (secondary N) is 1. The summed E-state index contributed by atoms with van der Waals surface area (Å²) in [5.74, 6) is 0.399. The maximum absolute atomic E-state index is 12.7. The number of aromatic amines is 1. The number of carbonyl (C=O) groups excluding carboxylic acids is 2. The van der Waals surface area contributed by atoms with E-state index in [1.807, 2.05) is 53.4 Å². The molecule has 0 spiro atoms. The molecule has 1 N–H and O–H groups in total. The summed E-state index contributed by atoms with van der Waals surface area (Å²) in [5.41, 5.74) is 3.47. The van der Waals surface area contributed by atoms with Crippen molar-refractivity contribution in [2.45, 2.75) is 6.92 Å². The number of piperazine rings is 1. The molecule has 0 radical (unpaired) electrons. The number of ketones is 1. The SMILES string of the molecule is CC(=O)c1ccc(N2CCN(C(=O)c3nc4ccccc4[nH]3)CC2)cc1. The van der Waals surface area contributed by atoms with Crippen LogP contribution >= 0.6 is 0 Å². The third kappa shape index (κ3) is 3.06. The summed E-state index contributed by atoms with van der Waals surface area (Å²) in [6.45, 7) is 4.36. The van der Waals surface area contributed by atoms with Crippen LogP contribution in [0.4, 0.5) is 5.69 Å². The molecule has 1 fully saturated rings. The number of amides is 1. The van der Waals surface area contributed by atoms with Crippen LogP contribution in [0.1, 0.15) is 27.9 Å². The average Bonchev–Trinajstić information content (AvgIpc) is 3.12. The summed E-state index contributed by atoms with van der Waals surface area (Å²) in [7, 11) is 0. The Hall–Kier alpha value is -3.15. The smallest absolute Gasteiger partial charge is 0.289 e. The van der Waals surface area contributed by atoms with E-state index in [-0.39, 0.29) is 11.7 Å². The van der Waals surface area contributed by atoms with Crippen LogP contribution in [-0.4, -0.2) is 52.7 Å². The van der Waals surface area contributed by atoms with Crippen molar-refractivity contribution in [3.8, 4) is 0 Å². The van der Waals surface area contributed by atoms with Crippen LogP contribution in [-0.2, 0) is 0 Å². The molecule has 0 saturated carbocycles. The monoisotopic (exact) mass is 348 g/mol. The van der Waals surface area contributed by atoms with E-state index in [1.54, 1.807) is 6.92 Å². The third-order valence-electron chi connectivity index (χ3n) is 4.80. The number of benzene rings is 2. The number of aromatic nitrogens is 2. The maximum Gasteiger partial charge on any atom is 0.289 e. The Bertz CT molecular complexity index is 920. The normalized spacial score (nSPS) is 14.7. The number of H-pyrrole nitrogens is 1. The molecule has 132 valence electrons. The molecular weight excluding hydrogens is 328 g/mol. The first-order valence-electron chi connectivity index (χ1n) is 8.72. The van der Waals surface area contributed by atoms with Crippen molar-refractivity contribution in [1.29, 1.82) is 0 Å². The molecule has 1 aliphatic rings. The van der Waals surface area contributed by atoms with E-state index in [4.69, 9.17) is 0 Å². The van der Waals surface area contributed by atoms with Crippen molar-refractivity contribution < 1.29 is 9.59 Å². The zero-order valence-corrected chi connectivity index (χ0v) is 14.6. The summed E-state index contributed by atoms with van der Waals surface area (Å²) in [5, 5.41) is 0. The molecule has 1 amide bonds. The molecule has 1 aliphatic heterocycles. The van der Waals surface area contributed by atoms with Gasteiger partial charge in [0.2, 0.25) is 0 Å². The fourth-order valence-corrected chi connectivity index (χ4v) is 3.28. The van der Waals surface area contributed by atoms with E-state index in [2.05, 4.69) is 14.9 Å². The summed E-state index contributed by atoms with van der Waals surface area (Å²) in [4.78, 5) is 35.7. The number of para-hydroxylation sites is 2. The van der Waals surface area contributed by atoms with Crippen molar-refractivity contribution in [3.05, 3.63) is 59.9 Å². The van der Waals surface area contributed by atoms with Gasteiger partial charge in [-0.1, -0.05) is 12.1 Å². The second-order valence-electron chi connectivity index (χ2n) is 6.48. The largest absolute Gasteiger partial charge is 0.368 e. The predicted molar refractivity (Wildman–Crippen MR) is 101 cm³/mol. The number of Topliss-reactive ketones (excluding diaryl/α,β-unsaturated/α-hetero) is 1. The number of hydrogen-bond acceptors (Lipinski definition) is 4. The lowest BCUT2D eigenvalue weighted by molar-refractivity contribution is 0.0735. The lowest BCUT2D eigenvalue weighted by Gasteiger charge is -2.35. The first-order valence-corrected chi connectivity index (χ1v) is 8.72. The Balaban J connectivity index is 1.42. The van der Waals surface area contributed by atoms with Gasteiger partial charge in [-0.3, -0.25) is 9.59 Å². The van der Waals surface area contributed by atoms with Gasteiger partial charge in [0.1, 0.15) is 0 Å². The highest BCUT2D eigenvalue weighted by Gasteiger charge is 2.24. The average molecular weight is 348 g/mol. The fourth-order valence-electron chi connectivity index (χ4n) is 3.28. The Morgan fingerprint density at radius 2 is 1.65 bits per heavy atom. The fraction of sp³-hybridized carbons (Fsp3) is 0.250. The van der Waals surface area contributed by atoms with Gasteiger partial charge >= 0.3 is 0 Å². The Kier molecular flexibility index (Phi) is 4.16. The summed E-state index contributed by atoms with van der Waals surface area (Å²) < 4.78 is 0. The van der Waals surface area contributed by atoms with Gasteiger partial charge < -0.3 is 14.8 Å². The quantitative estimate of drug-likeness (QED) is 0.739. The Morgan fingerprint density at radius 3 is 2.31 bits per heavy atom. The molecule has 2 aromatic carbocycles. The molecule has 0 aliphatic carbocycles. The summed E-state index contributed by atoms with van der Waals surface area (Å²) in [6, 6.07) is 15.3. The molecule has 26 heavy (non-hydrogen) atoms. The molecule has 3 aromatic rings. The lowest BCUT2D eigenvalue weighted by Crippen LogP contribution is -2.49. The van der Waals surface area contributed by atoms with Crippen molar-refractivity contribution in [3.63, 3.8) is 0 Å². The molecule has 0 bridgehead atoms. The van der Waals surface area contributed by atoms with Gasteiger partial charge in [-0.2, -0.15) is 0 Å². The van der Waals surface area contributed by atoms with E-state index in [9.17, 15) is 9.59 Å². The molecule has 2 heterocycles. The zero-order chi connectivity index (χ0) is 18.1. The van der Waals surface area contributed by atoms with Crippen molar-refractivity contribution in [1.82, 2.24) is 14.9 Å². The van der Waals surface area contributed by atoms with Crippen LogP contribution in [0.25, 0.3) is 11.0 Å². The molecular formula is C20H20N4O2. The van der Waals surface area contributed by atoms with Crippen LogP contribution in [0.3, 0.4) is 0 Å². The van der Waals surface area contributed by atoms with Gasteiger partial charge in [0.05, 0.1) is 11.0 Å². The summed E-state index contributed by atoms with van der Waals surface area (Å²) in [6.07, 6.45) is 0. The molecule has 6 heteroatoms. The second-order valence-corrected chi connectivity index (χ2v) is 6.48. The number of imidazole rings is 1. The van der Waals surface area contributed by atoms with Crippen molar-refractivity contribution in [2.75, 3.05) is 31.1 Å². The van der Waals surface area contributed by atoms with Crippen LogP contribution in [0.5, 0.6) is 0 Å². The number of nitrogens with zero attached hydrogens (tertiary/aromatic N) is 3. The maximum atomic E-state index is 12.7. The minimum absolute atomic E-state index is 0.0622. The number of hydrogen-bond donors (Lipinski definition) is 1. The number of rotatable bonds is 3. The van der Waals surface area contributed by atoms with E-state index in [0.717, 1.165) is 29.8 Å². The predicted octanol–water partition coefficient (Wildman–Crippen LogP) is 2.73. The Morgan fingerprint density at radius 1 is 0.962 bits per heavy atom. The van der Waals surface area contributed by atoms with Gasteiger partial charge in [-0.15, -0.1) is 0 Å². The first kappa shape index (κ1) is 16.3. The molecule has 0 unspecified atom stereocenters. The minimum atomic E-state index is -0.0622.